The molecule has 1 heterocycles. The van der Waals surface area contributed by atoms with Gasteiger partial charge in [-0.1, -0.05) is 18.2 Å². The third kappa shape index (κ3) is 1.84. The Morgan fingerprint density at radius 1 is 1.17 bits per heavy atom. The summed E-state index contributed by atoms with van der Waals surface area (Å²) >= 11 is 0. The highest BCUT2D eigenvalue weighted by molar-refractivity contribution is 6.22. The maximum Gasteiger partial charge on any atom is 0.315 e. The highest BCUT2D eigenvalue weighted by Gasteiger charge is 2.73. The third-order valence-corrected chi connectivity index (χ3v) is 5.32. The minimum absolute atomic E-state index is 0.0203. The van der Waals surface area contributed by atoms with Crippen LogP contribution in [0.15, 0.2) is 35.6 Å². The molecule has 5 atom stereocenters. The van der Waals surface area contributed by atoms with E-state index in [2.05, 4.69) is 10.6 Å². The van der Waals surface area contributed by atoms with Gasteiger partial charge >= 0.3 is 6.03 Å². The van der Waals surface area contributed by atoms with Crippen molar-refractivity contribution in [2.24, 2.45) is 11.3 Å². The van der Waals surface area contributed by atoms with Crippen LogP contribution in [0.2, 0.25) is 0 Å². The largest absolute Gasteiger partial charge is 0.508 e. The molecule has 7 nitrogen and oxygen atoms in total. The van der Waals surface area contributed by atoms with E-state index in [-0.39, 0.29) is 11.3 Å². The number of urea groups is 1. The average molecular weight is 332 g/mol. The van der Waals surface area contributed by atoms with Crippen molar-refractivity contribution in [1.82, 2.24) is 10.6 Å². The standard InChI is InChI=1S/C17H20N2O5/c1-4-5-6-7-8(20)9-10-11-12(19-15(23)18-11)16(2,13(9)21)14(22)17(10,3)24/h4-7,10-12,20,24H,1-3H3,(H2,18,19,23)/b5-4+,7-6+,9-8-/t10?,11-,12-,16+,17-/m0/s1. The number of Topliss-reactive ketones (excluding diaryl/α,β-unsaturated/α-hetero) is 2. The highest BCUT2D eigenvalue weighted by atomic mass is 16.3. The van der Waals surface area contributed by atoms with Gasteiger partial charge in [0.1, 0.15) is 16.8 Å². The second kappa shape index (κ2) is 5.04. The van der Waals surface area contributed by atoms with Crippen LogP contribution < -0.4 is 10.6 Å². The summed E-state index contributed by atoms with van der Waals surface area (Å²) in [7, 11) is 0. The summed E-state index contributed by atoms with van der Waals surface area (Å²) in [4.78, 5) is 37.4. The van der Waals surface area contributed by atoms with Gasteiger partial charge in [-0.2, -0.15) is 0 Å². The molecule has 128 valence electrons. The first-order valence-corrected chi connectivity index (χ1v) is 7.79. The summed E-state index contributed by atoms with van der Waals surface area (Å²) in [5.41, 5.74) is -3.51. The van der Waals surface area contributed by atoms with Crippen LogP contribution in [0.3, 0.4) is 0 Å². The quantitative estimate of drug-likeness (QED) is 0.255. The van der Waals surface area contributed by atoms with Crippen LogP contribution >= 0.6 is 0 Å². The minimum atomic E-state index is -1.86. The van der Waals surface area contributed by atoms with Crippen LogP contribution in [0.4, 0.5) is 4.79 Å². The van der Waals surface area contributed by atoms with Crippen LogP contribution in [0, 0.1) is 11.3 Å². The van der Waals surface area contributed by atoms with Crippen LogP contribution in [0.1, 0.15) is 20.8 Å². The molecular formula is C17H20N2O5. The Morgan fingerprint density at radius 2 is 1.83 bits per heavy atom. The van der Waals surface area contributed by atoms with Crippen molar-refractivity contribution in [3.05, 3.63) is 35.6 Å². The molecule has 0 aromatic heterocycles. The van der Waals surface area contributed by atoms with E-state index >= 15 is 0 Å². The Morgan fingerprint density at radius 3 is 2.46 bits per heavy atom. The number of carbonyl (C=O) groups excluding carboxylic acids is 3. The zero-order valence-corrected chi connectivity index (χ0v) is 13.7. The Bertz CT molecular complexity index is 733. The van der Waals surface area contributed by atoms with Crippen LogP contribution in [0.25, 0.3) is 0 Å². The van der Waals surface area contributed by atoms with Gasteiger partial charge in [-0.15, -0.1) is 0 Å². The molecule has 4 fully saturated rings. The van der Waals surface area contributed by atoms with Gasteiger partial charge in [0.05, 0.1) is 12.1 Å². The Kier molecular flexibility index (Phi) is 3.46. The van der Waals surface area contributed by atoms with Crippen LogP contribution in [-0.2, 0) is 9.59 Å². The second-order valence-corrected chi connectivity index (χ2v) is 6.79. The number of hydrogen-bond donors (Lipinski definition) is 4. The molecule has 1 aliphatic heterocycles. The molecule has 4 aliphatic rings. The van der Waals surface area contributed by atoms with Gasteiger partial charge in [0.25, 0.3) is 0 Å². The van der Waals surface area contributed by atoms with Crippen molar-refractivity contribution in [3.63, 3.8) is 0 Å². The van der Waals surface area contributed by atoms with E-state index in [9.17, 15) is 24.6 Å². The fourth-order valence-corrected chi connectivity index (χ4v) is 4.19. The van der Waals surface area contributed by atoms with Gasteiger partial charge in [-0.25, -0.2) is 4.79 Å². The maximum absolute atomic E-state index is 12.9. The summed E-state index contributed by atoms with van der Waals surface area (Å²) in [6.45, 7) is 4.54. The highest BCUT2D eigenvalue weighted by Crippen LogP contribution is 2.54. The lowest BCUT2D eigenvalue weighted by Crippen LogP contribution is -2.76. The van der Waals surface area contributed by atoms with Gasteiger partial charge in [0, 0.05) is 11.5 Å². The predicted molar refractivity (Wildman–Crippen MR) is 85.1 cm³/mol. The fraction of sp³-hybridized carbons (Fsp3) is 0.471. The van der Waals surface area contributed by atoms with Crippen molar-refractivity contribution >= 4 is 17.6 Å². The first-order chi connectivity index (χ1) is 11.2. The summed E-state index contributed by atoms with van der Waals surface area (Å²) in [6, 6.07) is -1.89. The van der Waals surface area contributed by atoms with Crippen molar-refractivity contribution in [2.45, 2.75) is 38.5 Å². The molecule has 2 bridgehead atoms. The normalized spacial score (nSPS) is 43.3. The molecular weight excluding hydrogens is 312 g/mol. The van der Waals surface area contributed by atoms with E-state index in [1.165, 1.54) is 19.9 Å². The average Bonchev–Trinajstić information content (AvgIpc) is 2.90. The number of fused-ring (bicyclic) bond motifs is 2. The van der Waals surface area contributed by atoms with Gasteiger partial charge in [0.15, 0.2) is 11.6 Å². The number of allylic oxidation sites excluding steroid dienone is 4. The number of rotatable bonds is 2. The Balaban J connectivity index is 2.21. The Hall–Kier alpha value is -2.41. The van der Waals surface area contributed by atoms with Crippen LogP contribution in [-0.4, -0.2) is 45.5 Å². The molecule has 4 rings (SSSR count). The molecule has 1 saturated heterocycles. The lowest BCUT2D eigenvalue weighted by molar-refractivity contribution is -0.172. The number of hydrogen-bond acceptors (Lipinski definition) is 5. The molecule has 0 aromatic carbocycles. The zero-order chi connectivity index (χ0) is 17.9. The van der Waals surface area contributed by atoms with Crippen molar-refractivity contribution in [1.29, 1.82) is 0 Å². The van der Waals surface area contributed by atoms with Crippen molar-refractivity contribution in [2.75, 3.05) is 0 Å². The van der Waals surface area contributed by atoms with E-state index in [4.69, 9.17) is 0 Å². The maximum atomic E-state index is 12.9. The van der Waals surface area contributed by atoms with E-state index in [1.807, 2.05) is 0 Å². The van der Waals surface area contributed by atoms with Gasteiger partial charge < -0.3 is 20.8 Å². The molecule has 0 radical (unpaired) electrons. The topological polar surface area (TPSA) is 116 Å². The first-order valence-electron chi connectivity index (χ1n) is 7.79. The zero-order valence-electron chi connectivity index (χ0n) is 13.7. The van der Waals surface area contributed by atoms with Gasteiger partial charge in [-0.05, 0) is 26.8 Å². The minimum Gasteiger partial charge on any atom is -0.508 e. The molecule has 7 heteroatoms. The van der Waals surface area contributed by atoms with Crippen molar-refractivity contribution in [3.8, 4) is 0 Å². The van der Waals surface area contributed by atoms with Crippen molar-refractivity contribution < 1.29 is 24.6 Å². The molecule has 1 unspecified atom stereocenters. The molecule has 3 aliphatic carbocycles. The number of aliphatic hydroxyl groups excluding tert-OH is 1. The first kappa shape index (κ1) is 16.4. The molecule has 0 spiro atoms. The lowest BCUT2D eigenvalue weighted by atomic mass is 9.48. The number of carbonyl (C=O) groups is 3. The summed E-state index contributed by atoms with van der Waals surface area (Å²) < 4.78 is 0. The third-order valence-electron chi connectivity index (χ3n) is 5.32. The van der Waals surface area contributed by atoms with E-state index < -0.39 is 46.6 Å². The summed E-state index contributed by atoms with van der Waals surface area (Å²) in [6.07, 6.45) is 6.33. The fourth-order valence-electron chi connectivity index (χ4n) is 4.19. The van der Waals surface area contributed by atoms with E-state index in [0.717, 1.165) is 0 Å². The summed E-state index contributed by atoms with van der Waals surface area (Å²) in [5.74, 6) is -2.51. The van der Waals surface area contributed by atoms with Crippen LogP contribution in [0.5, 0.6) is 0 Å². The second-order valence-electron chi connectivity index (χ2n) is 6.79. The molecule has 3 saturated carbocycles. The monoisotopic (exact) mass is 332 g/mol. The number of aliphatic hydroxyl groups is 2. The van der Waals surface area contributed by atoms with Gasteiger partial charge in [-0.3, -0.25) is 9.59 Å². The molecule has 4 N–H and O–H groups in total. The summed E-state index contributed by atoms with van der Waals surface area (Å²) in [5, 5.41) is 26.4. The van der Waals surface area contributed by atoms with E-state index in [1.54, 1.807) is 25.2 Å². The molecule has 2 amide bonds. The number of ketones is 2. The number of nitrogens with one attached hydrogen (secondary N) is 2. The van der Waals surface area contributed by atoms with Gasteiger partial charge in [0.2, 0.25) is 0 Å². The lowest BCUT2D eigenvalue weighted by Gasteiger charge is -2.56. The SMILES string of the molecule is C/C=C/C=C/C(O)=C1/C(=O)[C@]2(C)C(=O)[C@@](C)(O)C1[C@@H]1NC(=O)N[C@@H]12. The predicted octanol–water partition coefficient (Wildman–Crippen LogP) is 0.520. The molecule has 0 aromatic rings. The van der Waals surface area contributed by atoms with E-state index in [0.29, 0.717) is 0 Å². The smallest absolute Gasteiger partial charge is 0.315 e. The number of amides is 2. The molecule has 24 heavy (non-hydrogen) atoms. The Labute approximate surface area is 139 Å².